The molecule has 3 rings (SSSR count). The van der Waals surface area contributed by atoms with Gasteiger partial charge in [-0.2, -0.15) is 10.1 Å². The van der Waals surface area contributed by atoms with E-state index >= 15 is 0 Å². The minimum Gasteiger partial charge on any atom is -0.354 e. The van der Waals surface area contributed by atoms with Crippen LogP contribution in [-0.2, 0) is 15.9 Å². The van der Waals surface area contributed by atoms with E-state index in [2.05, 4.69) is 10.4 Å². The van der Waals surface area contributed by atoms with Crippen LogP contribution in [0.2, 0.25) is 10.0 Å². The van der Waals surface area contributed by atoms with Gasteiger partial charge in [0.25, 0.3) is 0 Å². The molecule has 3 aromatic rings. The Morgan fingerprint density at radius 1 is 1.00 bits per heavy atom. The molecule has 2 amide bonds. The summed E-state index contributed by atoms with van der Waals surface area (Å²) in [5.74, 6) is -0.00119. The second-order valence-electron chi connectivity index (χ2n) is 7.87. The van der Waals surface area contributed by atoms with Crippen LogP contribution in [0.1, 0.15) is 34.0 Å². The fourth-order valence-corrected chi connectivity index (χ4v) is 3.96. The maximum Gasteiger partial charge on any atom is 0.342 e. The van der Waals surface area contributed by atoms with Crippen LogP contribution in [0.5, 0.6) is 0 Å². The lowest BCUT2D eigenvalue weighted by molar-refractivity contribution is -0.0970. The summed E-state index contributed by atoms with van der Waals surface area (Å²) in [6.07, 6.45) is 1.41. The van der Waals surface area contributed by atoms with Gasteiger partial charge in [-0.1, -0.05) is 77.8 Å². The first-order chi connectivity index (χ1) is 17.3. The van der Waals surface area contributed by atoms with Crippen LogP contribution < -0.4 is 10.3 Å². The molecule has 0 aliphatic heterocycles. The number of halogens is 2. The van der Waals surface area contributed by atoms with Crippen molar-refractivity contribution in [3.05, 3.63) is 99.0 Å². The van der Waals surface area contributed by atoms with Crippen molar-refractivity contribution in [1.82, 2.24) is 5.32 Å². The van der Waals surface area contributed by atoms with Gasteiger partial charge in [-0.05, 0) is 35.7 Å². The summed E-state index contributed by atoms with van der Waals surface area (Å²) in [5, 5.41) is 9.06. The van der Waals surface area contributed by atoms with Gasteiger partial charge in [-0.3, -0.25) is 4.79 Å². The maximum atomic E-state index is 13.1. The Kier molecular flexibility index (Phi) is 10.0. The number of methoxy groups -OCH3 is 2. The van der Waals surface area contributed by atoms with Gasteiger partial charge in [0.2, 0.25) is 0 Å². The topological polar surface area (TPSA) is 80.2 Å². The number of hydrazone groups is 1. The van der Waals surface area contributed by atoms with Gasteiger partial charge >= 0.3 is 6.03 Å². The van der Waals surface area contributed by atoms with E-state index in [9.17, 15) is 9.59 Å². The van der Waals surface area contributed by atoms with Crippen LogP contribution in [0.4, 0.5) is 10.5 Å². The predicted molar refractivity (Wildman–Crippen MR) is 143 cm³/mol. The molecule has 0 aromatic heterocycles. The first-order valence-electron chi connectivity index (χ1n) is 11.1. The Morgan fingerprint density at radius 3 is 2.17 bits per heavy atom. The van der Waals surface area contributed by atoms with Crippen molar-refractivity contribution >= 4 is 46.9 Å². The second kappa shape index (κ2) is 13.2. The molecule has 0 saturated carbocycles. The van der Waals surface area contributed by atoms with Crippen molar-refractivity contribution in [1.29, 1.82) is 0 Å². The van der Waals surface area contributed by atoms with E-state index in [4.69, 9.17) is 32.7 Å². The molecule has 7 nitrogen and oxygen atoms in total. The summed E-state index contributed by atoms with van der Waals surface area (Å²) in [7, 11) is 2.97. The standard InChI is InChI=1S/C27H27Cl2N3O4/c1-18(33)21-11-9-19(10-12-21)13-23-24(28)14-22(15-25(23)29)32(27(34)30-17-26(35-2)36-3)31-16-20-7-5-4-6-8-20/h4-12,14-16,26H,13,17H2,1-3H3,(H,30,34)/b31-16+. The summed E-state index contributed by atoms with van der Waals surface area (Å²) in [4.78, 5) is 24.6. The number of nitrogens with one attached hydrogen (secondary N) is 1. The molecule has 1 N–H and O–H groups in total. The highest BCUT2D eigenvalue weighted by Crippen LogP contribution is 2.33. The number of carbonyl (C=O) groups is 2. The third kappa shape index (κ3) is 7.38. The number of hydrogen-bond acceptors (Lipinski definition) is 5. The first-order valence-corrected chi connectivity index (χ1v) is 11.9. The number of rotatable bonds is 10. The van der Waals surface area contributed by atoms with Gasteiger partial charge in [-0.25, -0.2) is 4.79 Å². The summed E-state index contributed by atoms with van der Waals surface area (Å²) in [6, 6.07) is 19.4. The molecule has 188 valence electrons. The molecule has 0 bridgehead atoms. The van der Waals surface area contributed by atoms with E-state index in [-0.39, 0.29) is 12.3 Å². The van der Waals surface area contributed by atoms with E-state index in [1.165, 1.54) is 26.2 Å². The van der Waals surface area contributed by atoms with Crippen LogP contribution in [0.25, 0.3) is 0 Å². The van der Waals surface area contributed by atoms with Crippen LogP contribution in [0.3, 0.4) is 0 Å². The van der Waals surface area contributed by atoms with Gasteiger partial charge in [0.1, 0.15) is 0 Å². The Morgan fingerprint density at radius 2 is 1.61 bits per heavy atom. The zero-order valence-electron chi connectivity index (χ0n) is 20.2. The molecule has 9 heteroatoms. The highest BCUT2D eigenvalue weighted by atomic mass is 35.5. The molecule has 0 saturated heterocycles. The van der Waals surface area contributed by atoms with Crippen molar-refractivity contribution in [3.63, 3.8) is 0 Å². The Bertz CT molecular complexity index is 1190. The number of Topliss-reactive ketones (excluding diaryl/α,β-unsaturated/α-hetero) is 1. The molecule has 0 aliphatic rings. The number of anilines is 1. The van der Waals surface area contributed by atoms with Crippen LogP contribution in [0, 0.1) is 0 Å². The van der Waals surface area contributed by atoms with Crippen molar-refractivity contribution in [3.8, 4) is 0 Å². The van der Waals surface area contributed by atoms with Gasteiger partial charge in [0, 0.05) is 36.2 Å². The van der Waals surface area contributed by atoms with Crippen LogP contribution in [0.15, 0.2) is 71.8 Å². The molecular weight excluding hydrogens is 501 g/mol. The number of nitrogens with zero attached hydrogens (tertiary/aromatic N) is 2. The molecule has 0 fully saturated rings. The summed E-state index contributed by atoms with van der Waals surface area (Å²) < 4.78 is 10.3. The number of benzene rings is 3. The zero-order chi connectivity index (χ0) is 26.1. The lowest BCUT2D eigenvalue weighted by atomic mass is 10.0. The third-order valence-electron chi connectivity index (χ3n) is 5.37. The maximum absolute atomic E-state index is 13.1. The Balaban J connectivity index is 1.89. The molecule has 0 spiro atoms. The van der Waals surface area contributed by atoms with Crippen molar-refractivity contribution in [2.45, 2.75) is 19.6 Å². The molecule has 3 aromatic carbocycles. The average Bonchev–Trinajstić information content (AvgIpc) is 2.88. The third-order valence-corrected chi connectivity index (χ3v) is 6.05. The Hall–Kier alpha value is -3.23. The van der Waals surface area contributed by atoms with E-state index in [0.717, 1.165) is 11.1 Å². The number of carbonyl (C=O) groups excluding carboxylic acids is 2. The number of ketones is 1. The summed E-state index contributed by atoms with van der Waals surface area (Å²) >= 11 is 13.2. The van der Waals surface area contributed by atoms with E-state index < -0.39 is 12.3 Å². The SMILES string of the molecule is COC(CNC(=O)N(/N=C/c1ccccc1)c1cc(Cl)c(Cc2ccc(C(C)=O)cc2)c(Cl)c1)OC. The van der Waals surface area contributed by atoms with Gasteiger partial charge in [-0.15, -0.1) is 0 Å². The molecule has 0 atom stereocenters. The van der Waals surface area contributed by atoms with Crippen molar-refractivity contribution in [2.24, 2.45) is 5.10 Å². The van der Waals surface area contributed by atoms with Gasteiger partial charge in [0.05, 0.1) is 18.4 Å². The molecule has 36 heavy (non-hydrogen) atoms. The molecule has 0 heterocycles. The lowest BCUT2D eigenvalue weighted by Gasteiger charge is -2.21. The fraction of sp³-hybridized carbons (Fsp3) is 0.222. The fourth-order valence-electron chi connectivity index (χ4n) is 3.35. The summed E-state index contributed by atoms with van der Waals surface area (Å²) in [6.45, 7) is 1.63. The van der Waals surface area contributed by atoms with E-state index in [1.807, 2.05) is 42.5 Å². The average molecular weight is 528 g/mol. The molecule has 0 aliphatic carbocycles. The second-order valence-corrected chi connectivity index (χ2v) is 8.69. The molecule has 0 radical (unpaired) electrons. The van der Waals surface area contributed by atoms with Crippen molar-refractivity contribution in [2.75, 3.05) is 25.8 Å². The quantitative estimate of drug-likeness (QED) is 0.153. The largest absolute Gasteiger partial charge is 0.354 e. The van der Waals surface area contributed by atoms with Gasteiger partial charge < -0.3 is 14.8 Å². The minimum absolute atomic E-state index is 0.00119. The monoisotopic (exact) mass is 527 g/mol. The van der Waals surface area contributed by atoms with E-state index in [0.29, 0.717) is 33.3 Å². The molecular formula is C27H27Cl2N3O4. The highest BCUT2D eigenvalue weighted by Gasteiger charge is 2.20. The smallest absolute Gasteiger partial charge is 0.342 e. The highest BCUT2D eigenvalue weighted by molar-refractivity contribution is 6.36. The number of hydrogen-bond donors (Lipinski definition) is 1. The molecule has 0 unspecified atom stereocenters. The number of urea groups is 1. The summed E-state index contributed by atoms with van der Waals surface area (Å²) in [5.41, 5.74) is 3.47. The predicted octanol–water partition coefficient (Wildman–Crippen LogP) is 5.96. The normalized spacial score (nSPS) is 11.2. The number of amides is 2. The Labute approximate surface area is 220 Å². The van der Waals surface area contributed by atoms with Crippen LogP contribution >= 0.6 is 23.2 Å². The lowest BCUT2D eigenvalue weighted by Crippen LogP contribution is -2.41. The number of ether oxygens (including phenoxy) is 2. The first kappa shape index (κ1) is 27.4. The zero-order valence-corrected chi connectivity index (χ0v) is 21.7. The van der Waals surface area contributed by atoms with E-state index in [1.54, 1.807) is 30.5 Å². The van der Waals surface area contributed by atoms with Crippen molar-refractivity contribution < 1.29 is 19.1 Å². The van der Waals surface area contributed by atoms with Gasteiger partial charge in [0.15, 0.2) is 12.1 Å². The minimum atomic E-state index is -0.613. The van der Waals surface area contributed by atoms with Crippen LogP contribution in [-0.4, -0.2) is 45.1 Å².